The number of carbonyl (C=O) groups excluding carboxylic acids is 1. The summed E-state index contributed by atoms with van der Waals surface area (Å²) in [6, 6.07) is 11.8. The molecule has 3 rings (SSSR count). The van der Waals surface area contributed by atoms with Crippen molar-refractivity contribution in [3.05, 3.63) is 53.6 Å². The standard InChI is InChI=1S/C21H28N4O4S/c1-16-4-3-5-18(14-16)30(27,28)24-19-15-17(21(26)23-10-13-29-2)6-7-20(19)25-11-8-22-9-12-25/h3-7,14-15,22,24H,8-13H2,1-2H3,(H,23,26). The van der Waals surface area contributed by atoms with Gasteiger partial charge in [0.05, 0.1) is 22.9 Å². The highest BCUT2D eigenvalue weighted by molar-refractivity contribution is 7.92. The van der Waals surface area contributed by atoms with Crippen LogP contribution in [0.15, 0.2) is 47.4 Å². The molecule has 0 bridgehead atoms. The Hall–Kier alpha value is -2.62. The monoisotopic (exact) mass is 432 g/mol. The van der Waals surface area contributed by atoms with E-state index in [0.29, 0.717) is 24.4 Å². The lowest BCUT2D eigenvalue weighted by Gasteiger charge is -2.31. The number of piperazine rings is 1. The van der Waals surface area contributed by atoms with E-state index < -0.39 is 10.0 Å². The fourth-order valence-corrected chi connectivity index (χ4v) is 4.47. The van der Waals surface area contributed by atoms with E-state index in [2.05, 4.69) is 20.3 Å². The van der Waals surface area contributed by atoms with E-state index in [0.717, 1.165) is 37.4 Å². The summed E-state index contributed by atoms with van der Waals surface area (Å²) in [5.41, 5.74) is 2.37. The Balaban J connectivity index is 1.93. The number of aryl methyl sites for hydroxylation is 1. The van der Waals surface area contributed by atoms with Crippen LogP contribution in [0.2, 0.25) is 0 Å². The number of ether oxygens (including phenoxy) is 1. The fraction of sp³-hybridized carbons (Fsp3) is 0.381. The number of carbonyl (C=O) groups is 1. The number of methoxy groups -OCH3 is 1. The third-order valence-electron chi connectivity index (χ3n) is 4.85. The van der Waals surface area contributed by atoms with Crippen molar-refractivity contribution >= 4 is 27.3 Å². The molecule has 1 saturated heterocycles. The van der Waals surface area contributed by atoms with Crippen LogP contribution >= 0.6 is 0 Å². The molecule has 1 amide bonds. The summed E-state index contributed by atoms with van der Waals surface area (Å²) in [7, 11) is -2.24. The maximum Gasteiger partial charge on any atom is 0.261 e. The summed E-state index contributed by atoms with van der Waals surface area (Å²) >= 11 is 0. The van der Waals surface area contributed by atoms with Gasteiger partial charge in [-0.25, -0.2) is 8.42 Å². The van der Waals surface area contributed by atoms with E-state index in [1.54, 1.807) is 43.5 Å². The number of hydrogen-bond donors (Lipinski definition) is 3. The molecule has 162 valence electrons. The molecule has 0 aromatic heterocycles. The number of anilines is 2. The molecule has 0 spiro atoms. The van der Waals surface area contributed by atoms with Crippen molar-refractivity contribution in [3.63, 3.8) is 0 Å². The summed E-state index contributed by atoms with van der Waals surface area (Å²) in [5, 5.41) is 6.05. The lowest BCUT2D eigenvalue weighted by atomic mass is 10.1. The minimum atomic E-state index is -3.80. The van der Waals surface area contributed by atoms with Crippen molar-refractivity contribution < 1.29 is 17.9 Å². The molecule has 30 heavy (non-hydrogen) atoms. The van der Waals surface area contributed by atoms with Gasteiger partial charge in [0.15, 0.2) is 0 Å². The Bertz CT molecular complexity index is 988. The number of amides is 1. The molecule has 2 aromatic rings. The van der Waals surface area contributed by atoms with Crippen LogP contribution in [0, 0.1) is 6.92 Å². The van der Waals surface area contributed by atoms with Gasteiger partial charge in [0.2, 0.25) is 0 Å². The maximum absolute atomic E-state index is 13.0. The Morgan fingerprint density at radius 3 is 2.63 bits per heavy atom. The molecule has 0 radical (unpaired) electrons. The van der Waals surface area contributed by atoms with Crippen molar-refractivity contribution in [1.29, 1.82) is 0 Å². The largest absolute Gasteiger partial charge is 0.383 e. The number of sulfonamides is 1. The van der Waals surface area contributed by atoms with Crippen molar-refractivity contribution in [1.82, 2.24) is 10.6 Å². The van der Waals surface area contributed by atoms with Gasteiger partial charge >= 0.3 is 0 Å². The smallest absolute Gasteiger partial charge is 0.261 e. The number of nitrogens with one attached hydrogen (secondary N) is 3. The molecule has 0 aliphatic carbocycles. The van der Waals surface area contributed by atoms with Gasteiger partial charge in [-0.1, -0.05) is 12.1 Å². The van der Waals surface area contributed by atoms with Gasteiger partial charge in [0, 0.05) is 45.4 Å². The molecule has 0 atom stereocenters. The summed E-state index contributed by atoms with van der Waals surface area (Å²) in [4.78, 5) is 14.8. The second kappa shape index (κ2) is 9.92. The van der Waals surface area contributed by atoms with Crippen LogP contribution < -0.4 is 20.3 Å². The minimum Gasteiger partial charge on any atom is -0.383 e. The van der Waals surface area contributed by atoms with Crippen molar-refractivity contribution in [2.24, 2.45) is 0 Å². The summed E-state index contributed by atoms with van der Waals surface area (Å²) < 4.78 is 33.7. The summed E-state index contributed by atoms with van der Waals surface area (Å²) in [5.74, 6) is -0.282. The van der Waals surface area contributed by atoms with Gasteiger partial charge in [-0.2, -0.15) is 0 Å². The third kappa shape index (κ3) is 5.50. The first-order valence-electron chi connectivity index (χ1n) is 9.87. The zero-order valence-electron chi connectivity index (χ0n) is 17.3. The van der Waals surface area contributed by atoms with Gasteiger partial charge in [-0.15, -0.1) is 0 Å². The van der Waals surface area contributed by atoms with Gasteiger partial charge in [-0.3, -0.25) is 9.52 Å². The van der Waals surface area contributed by atoms with Gasteiger partial charge in [0.25, 0.3) is 15.9 Å². The van der Waals surface area contributed by atoms with E-state index in [4.69, 9.17) is 4.74 Å². The van der Waals surface area contributed by atoms with Gasteiger partial charge in [0.1, 0.15) is 0 Å². The third-order valence-corrected chi connectivity index (χ3v) is 6.22. The van der Waals surface area contributed by atoms with E-state index in [-0.39, 0.29) is 10.8 Å². The molecular weight excluding hydrogens is 404 g/mol. The first-order valence-corrected chi connectivity index (χ1v) is 11.4. The molecule has 1 heterocycles. The first kappa shape index (κ1) is 22.1. The lowest BCUT2D eigenvalue weighted by Crippen LogP contribution is -2.43. The number of rotatable bonds is 8. The van der Waals surface area contributed by atoms with Crippen LogP contribution in [0.1, 0.15) is 15.9 Å². The number of hydrogen-bond acceptors (Lipinski definition) is 6. The van der Waals surface area contributed by atoms with Crippen LogP contribution in [-0.2, 0) is 14.8 Å². The molecule has 0 saturated carbocycles. The molecule has 1 aliphatic heterocycles. The molecule has 8 nitrogen and oxygen atoms in total. The molecule has 1 aliphatic rings. The van der Waals surface area contributed by atoms with Crippen molar-refractivity contribution in [3.8, 4) is 0 Å². The second-order valence-corrected chi connectivity index (χ2v) is 8.82. The normalized spacial score (nSPS) is 14.4. The van der Waals surface area contributed by atoms with Crippen LogP contribution in [0.25, 0.3) is 0 Å². The second-order valence-electron chi connectivity index (χ2n) is 7.14. The number of nitrogens with zero attached hydrogens (tertiary/aromatic N) is 1. The Morgan fingerprint density at radius 2 is 1.93 bits per heavy atom. The lowest BCUT2D eigenvalue weighted by molar-refractivity contribution is 0.0937. The topological polar surface area (TPSA) is 99.8 Å². The van der Waals surface area contributed by atoms with Crippen LogP contribution in [0.5, 0.6) is 0 Å². The quantitative estimate of drug-likeness (QED) is 0.548. The Morgan fingerprint density at radius 1 is 1.17 bits per heavy atom. The summed E-state index contributed by atoms with van der Waals surface area (Å²) in [6.45, 7) is 5.73. The zero-order valence-corrected chi connectivity index (χ0v) is 18.1. The van der Waals surface area contributed by atoms with Crippen molar-refractivity contribution in [2.75, 3.05) is 56.1 Å². The van der Waals surface area contributed by atoms with E-state index in [1.807, 2.05) is 13.0 Å². The molecular formula is C21H28N4O4S. The van der Waals surface area contributed by atoms with Crippen LogP contribution in [0.4, 0.5) is 11.4 Å². The number of benzene rings is 2. The van der Waals surface area contributed by atoms with Gasteiger partial charge in [-0.05, 0) is 42.8 Å². The maximum atomic E-state index is 13.0. The average Bonchev–Trinajstić information content (AvgIpc) is 2.74. The molecule has 9 heteroatoms. The molecule has 2 aromatic carbocycles. The van der Waals surface area contributed by atoms with E-state index in [9.17, 15) is 13.2 Å². The highest BCUT2D eigenvalue weighted by Gasteiger charge is 2.21. The summed E-state index contributed by atoms with van der Waals surface area (Å²) in [6.07, 6.45) is 0. The van der Waals surface area contributed by atoms with Crippen LogP contribution in [-0.4, -0.2) is 60.8 Å². The first-order chi connectivity index (χ1) is 14.4. The Labute approximate surface area is 177 Å². The molecule has 0 unspecified atom stereocenters. The molecule has 3 N–H and O–H groups in total. The predicted molar refractivity (Wildman–Crippen MR) is 118 cm³/mol. The average molecular weight is 433 g/mol. The highest BCUT2D eigenvalue weighted by atomic mass is 32.2. The fourth-order valence-electron chi connectivity index (χ4n) is 3.30. The predicted octanol–water partition coefficient (Wildman–Crippen LogP) is 1.58. The van der Waals surface area contributed by atoms with Crippen LogP contribution in [0.3, 0.4) is 0 Å². The minimum absolute atomic E-state index is 0.184. The van der Waals surface area contributed by atoms with Gasteiger partial charge < -0.3 is 20.3 Å². The zero-order chi connectivity index (χ0) is 21.6. The SMILES string of the molecule is COCCNC(=O)c1ccc(N2CCNCC2)c(NS(=O)(=O)c2cccc(C)c2)c1. The highest BCUT2D eigenvalue weighted by Crippen LogP contribution is 2.30. The molecule has 1 fully saturated rings. The van der Waals surface area contributed by atoms with E-state index >= 15 is 0 Å². The van der Waals surface area contributed by atoms with E-state index in [1.165, 1.54) is 0 Å². The Kier molecular flexibility index (Phi) is 7.30. The van der Waals surface area contributed by atoms with Crippen molar-refractivity contribution in [2.45, 2.75) is 11.8 Å².